The van der Waals surface area contributed by atoms with Gasteiger partial charge in [0.1, 0.15) is 0 Å². The van der Waals surface area contributed by atoms with Crippen LogP contribution in [0.1, 0.15) is 17.0 Å². The van der Waals surface area contributed by atoms with E-state index >= 15 is 0 Å². The van der Waals surface area contributed by atoms with Crippen LogP contribution >= 0.6 is 0 Å². The van der Waals surface area contributed by atoms with Crippen molar-refractivity contribution >= 4 is 22.4 Å². The molecular weight excluding hydrogens is 258 g/mol. The Morgan fingerprint density at radius 2 is 1.62 bits per heavy atom. The number of rotatable bonds is 2. The van der Waals surface area contributed by atoms with Crippen LogP contribution in [0.5, 0.6) is 0 Å². The van der Waals surface area contributed by atoms with Crippen molar-refractivity contribution in [3.63, 3.8) is 0 Å². The predicted octanol–water partition coefficient (Wildman–Crippen LogP) is 4.12. The number of nitrogens with one attached hydrogen (secondary N) is 1. The van der Waals surface area contributed by atoms with Crippen molar-refractivity contribution in [2.45, 2.75) is 12.3 Å². The van der Waals surface area contributed by atoms with Crippen molar-refractivity contribution in [3.8, 4) is 0 Å². The third kappa shape index (κ3) is 2.00. The largest absolute Gasteiger partial charge is 0.325 e. The molecule has 0 aliphatic carbocycles. The maximum atomic E-state index is 12.3. The van der Waals surface area contributed by atoms with E-state index in [9.17, 15) is 4.79 Å². The Bertz CT molecular complexity index is 832. The molecule has 1 aliphatic rings. The van der Waals surface area contributed by atoms with Crippen molar-refractivity contribution in [2.24, 2.45) is 0 Å². The van der Waals surface area contributed by atoms with Gasteiger partial charge in [0, 0.05) is 5.69 Å². The molecular formula is C19H15NO. The smallest absolute Gasteiger partial charge is 0.232 e. The van der Waals surface area contributed by atoms with Gasteiger partial charge < -0.3 is 5.32 Å². The molecule has 1 N–H and O–H groups in total. The van der Waals surface area contributed by atoms with Gasteiger partial charge in [-0.3, -0.25) is 4.79 Å². The zero-order chi connectivity index (χ0) is 14.2. The number of amides is 1. The van der Waals surface area contributed by atoms with Crippen LogP contribution in [0.3, 0.4) is 0 Å². The summed E-state index contributed by atoms with van der Waals surface area (Å²) in [5.41, 5.74) is 3.29. The van der Waals surface area contributed by atoms with Gasteiger partial charge >= 0.3 is 0 Å². The fraction of sp³-hybridized carbons (Fsp3) is 0.105. The molecule has 0 spiro atoms. The first-order valence-corrected chi connectivity index (χ1v) is 7.19. The molecule has 2 heteroatoms. The lowest BCUT2D eigenvalue weighted by molar-refractivity contribution is -0.117. The van der Waals surface area contributed by atoms with E-state index in [1.54, 1.807) is 0 Å². The van der Waals surface area contributed by atoms with Crippen LogP contribution in [0.15, 0.2) is 66.7 Å². The molecule has 102 valence electrons. The van der Waals surface area contributed by atoms with Gasteiger partial charge in [0.25, 0.3) is 0 Å². The molecule has 0 saturated carbocycles. The van der Waals surface area contributed by atoms with E-state index in [4.69, 9.17) is 0 Å². The molecule has 1 heterocycles. The molecule has 1 atom stereocenters. The Balaban J connectivity index is 1.77. The Kier molecular flexibility index (Phi) is 2.74. The zero-order valence-corrected chi connectivity index (χ0v) is 11.5. The van der Waals surface area contributed by atoms with Gasteiger partial charge in [0.05, 0.1) is 5.92 Å². The summed E-state index contributed by atoms with van der Waals surface area (Å²) in [7, 11) is 0. The minimum absolute atomic E-state index is 0.0907. The first-order valence-electron chi connectivity index (χ1n) is 7.19. The van der Waals surface area contributed by atoms with Gasteiger partial charge in [-0.05, 0) is 34.4 Å². The Hall–Kier alpha value is -2.61. The summed E-state index contributed by atoms with van der Waals surface area (Å²) in [4.78, 5) is 12.3. The Morgan fingerprint density at radius 3 is 2.57 bits per heavy atom. The molecule has 1 aliphatic heterocycles. The quantitative estimate of drug-likeness (QED) is 0.747. The van der Waals surface area contributed by atoms with Crippen LogP contribution in [-0.2, 0) is 11.2 Å². The molecule has 0 fully saturated rings. The van der Waals surface area contributed by atoms with E-state index < -0.39 is 0 Å². The lowest BCUT2D eigenvalue weighted by Gasteiger charge is -2.11. The maximum absolute atomic E-state index is 12.3. The van der Waals surface area contributed by atoms with Crippen molar-refractivity contribution < 1.29 is 4.79 Å². The van der Waals surface area contributed by atoms with Crippen molar-refractivity contribution in [2.75, 3.05) is 5.32 Å². The minimum Gasteiger partial charge on any atom is -0.325 e. The van der Waals surface area contributed by atoms with Gasteiger partial charge in [-0.1, -0.05) is 60.7 Å². The molecule has 3 aromatic carbocycles. The minimum atomic E-state index is -0.0907. The summed E-state index contributed by atoms with van der Waals surface area (Å²) in [6.07, 6.45) is 0.740. The lowest BCUT2D eigenvalue weighted by atomic mass is 9.91. The van der Waals surface area contributed by atoms with E-state index in [1.165, 1.54) is 16.3 Å². The average molecular weight is 273 g/mol. The molecule has 0 radical (unpaired) electrons. The van der Waals surface area contributed by atoms with E-state index in [-0.39, 0.29) is 11.8 Å². The van der Waals surface area contributed by atoms with E-state index in [2.05, 4.69) is 41.7 Å². The predicted molar refractivity (Wildman–Crippen MR) is 85.5 cm³/mol. The first kappa shape index (κ1) is 12.2. The van der Waals surface area contributed by atoms with Crippen LogP contribution in [-0.4, -0.2) is 5.91 Å². The monoisotopic (exact) mass is 273 g/mol. The molecule has 0 bridgehead atoms. The van der Waals surface area contributed by atoms with Gasteiger partial charge in [-0.2, -0.15) is 0 Å². The number of para-hydroxylation sites is 1. The van der Waals surface area contributed by atoms with Crippen molar-refractivity contribution in [3.05, 3.63) is 77.9 Å². The average Bonchev–Trinajstić information content (AvgIpc) is 2.84. The van der Waals surface area contributed by atoms with Crippen LogP contribution < -0.4 is 5.32 Å². The van der Waals surface area contributed by atoms with E-state index in [0.29, 0.717) is 0 Å². The van der Waals surface area contributed by atoms with Crippen LogP contribution in [0.2, 0.25) is 0 Å². The number of carbonyl (C=O) groups excluding carboxylic acids is 1. The number of anilines is 1. The summed E-state index contributed by atoms with van der Waals surface area (Å²) in [5, 5.41) is 5.43. The number of benzene rings is 3. The highest BCUT2D eigenvalue weighted by molar-refractivity contribution is 6.03. The second kappa shape index (κ2) is 4.74. The summed E-state index contributed by atoms with van der Waals surface area (Å²) >= 11 is 0. The summed E-state index contributed by atoms with van der Waals surface area (Å²) in [6, 6.07) is 22.6. The third-order valence-corrected chi connectivity index (χ3v) is 4.21. The van der Waals surface area contributed by atoms with Gasteiger partial charge in [0.2, 0.25) is 5.91 Å². The molecule has 1 amide bonds. The van der Waals surface area contributed by atoms with Gasteiger partial charge in [-0.25, -0.2) is 0 Å². The summed E-state index contributed by atoms with van der Waals surface area (Å²) in [6.45, 7) is 0. The number of hydrogen-bond acceptors (Lipinski definition) is 1. The normalized spacial score (nSPS) is 16.8. The topological polar surface area (TPSA) is 29.1 Å². The Morgan fingerprint density at radius 1 is 0.857 bits per heavy atom. The lowest BCUT2D eigenvalue weighted by Crippen LogP contribution is -2.14. The zero-order valence-electron chi connectivity index (χ0n) is 11.5. The molecule has 0 aromatic heterocycles. The SMILES string of the molecule is O=C1Nc2ccccc2C1Cc1cccc2ccccc12. The standard InChI is InChI=1S/C19H15NO/c21-19-17(16-10-3-4-11-18(16)20-19)12-14-8-5-7-13-6-1-2-9-15(13)14/h1-11,17H,12H2,(H,20,21). The fourth-order valence-electron chi connectivity index (χ4n) is 3.17. The molecule has 21 heavy (non-hydrogen) atoms. The molecule has 0 saturated heterocycles. The highest BCUT2D eigenvalue weighted by atomic mass is 16.2. The second-order valence-corrected chi connectivity index (χ2v) is 5.47. The van der Waals surface area contributed by atoms with E-state index in [1.807, 2.05) is 30.3 Å². The molecule has 4 rings (SSSR count). The number of carbonyl (C=O) groups is 1. The number of fused-ring (bicyclic) bond motifs is 2. The van der Waals surface area contributed by atoms with Crippen LogP contribution in [0.4, 0.5) is 5.69 Å². The fourth-order valence-corrected chi connectivity index (χ4v) is 3.17. The summed E-state index contributed by atoms with van der Waals surface area (Å²) < 4.78 is 0. The van der Waals surface area contributed by atoms with Gasteiger partial charge in [0.15, 0.2) is 0 Å². The maximum Gasteiger partial charge on any atom is 0.232 e. The molecule has 3 aromatic rings. The first-order chi connectivity index (χ1) is 10.3. The number of hydrogen-bond donors (Lipinski definition) is 1. The van der Waals surface area contributed by atoms with E-state index in [0.717, 1.165) is 17.7 Å². The highest BCUT2D eigenvalue weighted by Crippen LogP contribution is 2.35. The second-order valence-electron chi connectivity index (χ2n) is 5.47. The molecule has 2 nitrogen and oxygen atoms in total. The van der Waals surface area contributed by atoms with Crippen LogP contribution in [0.25, 0.3) is 10.8 Å². The van der Waals surface area contributed by atoms with Crippen LogP contribution in [0, 0.1) is 0 Å². The third-order valence-electron chi connectivity index (χ3n) is 4.21. The van der Waals surface area contributed by atoms with Gasteiger partial charge in [-0.15, -0.1) is 0 Å². The summed E-state index contributed by atoms with van der Waals surface area (Å²) in [5.74, 6) is 0.0103. The van der Waals surface area contributed by atoms with Crippen molar-refractivity contribution in [1.82, 2.24) is 0 Å². The Labute approximate surface area is 123 Å². The van der Waals surface area contributed by atoms with Crippen molar-refractivity contribution in [1.29, 1.82) is 0 Å². The molecule has 1 unspecified atom stereocenters. The highest BCUT2D eigenvalue weighted by Gasteiger charge is 2.30.